The first-order valence-electron chi connectivity index (χ1n) is 9.44. The number of amides is 2. The molecule has 0 spiro atoms. The topological polar surface area (TPSA) is 129 Å². The number of thiophene rings is 1. The lowest BCUT2D eigenvalue weighted by Gasteiger charge is -2.08. The third-order valence-corrected chi connectivity index (χ3v) is 6.62. The molecule has 0 bridgehead atoms. The van der Waals surface area contributed by atoms with E-state index in [1.807, 2.05) is 4.57 Å². The quantitative estimate of drug-likeness (QED) is 0.324. The molecule has 9 nitrogen and oxygen atoms in total. The molecule has 2 amide bonds. The van der Waals surface area contributed by atoms with Gasteiger partial charge < -0.3 is 20.4 Å². The molecule has 2 heterocycles. The number of hydrogen-bond donors (Lipinski definition) is 2. The largest absolute Gasteiger partial charge is 0.462 e. The van der Waals surface area contributed by atoms with Crippen LogP contribution in [0.5, 0.6) is 0 Å². The van der Waals surface area contributed by atoms with Crippen molar-refractivity contribution in [2.75, 3.05) is 17.7 Å². The highest BCUT2D eigenvalue weighted by Crippen LogP contribution is 2.40. The summed E-state index contributed by atoms with van der Waals surface area (Å²) >= 11 is 2.21. The van der Waals surface area contributed by atoms with Gasteiger partial charge in [-0.3, -0.25) is 9.59 Å². The van der Waals surface area contributed by atoms with Gasteiger partial charge in [0.25, 0.3) is 5.91 Å². The Kier molecular flexibility index (Phi) is 6.93. The Hall–Kier alpha value is -2.66. The Morgan fingerprint density at radius 1 is 1.40 bits per heavy atom. The summed E-state index contributed by atoms with van der Waals surface area (Å²) in [6, 6.07) is 0. The first-order chi connectivity index (χ1) is 14.4. The smallest absolute Gasteiger partial charge is 0.341 e. The fourth-order valence-corrected chi connectivity index (χ4v) is 4.75. The fraction of sp³-hybridized carbons (Fsp3) is 0.421. The van der Waals surface area contributed by atoms with Gasteiger partial charge in [0.15, 0.2) is 5.16 Å². The van der Waals surface area contributed by atoms with Gasteiger partial charge in [-0.1, -0.05) is 17.8 Å². The molecular formula is C19H23N5O4S2. The number of nitrogens with zero attached hydrogens (tertiary/aromatic N) is 3. The van der Waals surface area contributed by atoms with Crippen LogP contribution in [-0.4, -0.2) is 44.9 Å². The molecule has 0 atom stereocenters. The third kappa shape index (κ3) is 4.73. The third-order valence-electron chi connectivity index (χ3n) is 4.44. The first-order valence-corrected chi connectivity index (χ1v) is 11.2. The van der Waals surface area contributed by atoms with Crippen LogP contribution in [0.25, 0.3) is 0 Å². The number of carbonyl (C=O) groups excluding carboxylic acids is 3. The molecule has 0 unspecified atom stereocenters. The average molecular weight is 450 g/mol. The van der Waals surface area contributed by atoms with E-state index >= 15 is 0 Å². The lowest BCUT2D eigenvalue weighted by Crippen LogP contribution is -2.17. The first kappa shape index (κ1) is 22.0. The summed E-state index contributed by atoms with van der Waals surface area (Å²) in [5.41, 5.74) is 5.94. The summed E-state index contributed by atoms with van der Waals surface area (Å²) in [5, 5.41) is 12.0. The number of thioether (sulfide) groups is 1. The minimum absolute atomic E-state index is 0.0606. The summed E-state index contributed by atoms with van der Waals surface area (Å²) < 4.78 is 7.02. The number of carbonyl (C=O) groups is 3. The zero-order valence-corrected chi connectivity index (χ0v) is 18.4. The molecule has 160 valence electrons. The molecule has 2 aromatic rings. The van der Waals surface area contributed by atoms with E-state index in [9.17, 15) is 14.4 Å². The van der Waals surface area contributed by atoms with Crippen molar-refractivity contribution in [3.63, 3.8) is 0 Å². The van der Waals surface area contributed by atoms with Gasteiger partial charge in [-0.25, -0.2) is 4.79 Å². The Labute approximate surface area is 182 Å². The average Bonchev–Trinajstić information content (AvgIpc) is 3.37. The Morgan fingerprint density at radius 2 is 2.13 bits per heavy atom. The van der Waals surface area contributed by atoms with Crippen LogP contribution in [0, 0.1) is 6.92 Å². The van der Waals surface area contributed by atoms with Crippen LogP contribution in [0.1, 0.15) is 57.1 Å². The van der Waals surface area contributed by atoms with Gasteiger partial charge in [0.2, 0.25) is 5.91 Å². The standard InChI is InChI=1S/C19H23N5O4S2/c1-4-8-24-16(11-6-7-11)22-23-19(24)29-9-12(25)21-17-13(18(27)28-5-2)10(3)14(30-17)15(20)26/h4,11H,1,5-9H2,2-3H3,(H2,20,26)(H,21,25). The Bertz CT molecular complexity index is 993. The zero-order chi connectivity index (χ0) is 21.8. The van der Waals surface area contributed by atoms with Gasteiger partial charge in [-0.15, -0.1) is 28.1 Å². The number of hydrogen-bond acceptors (Lipinski definition) is 8. The summed E-state index contributed by atoms with van der Waals surface area (Å²) in [4.78, 5) is 36.7. The van der Waals surface area contributed by atoms with E-state index in [0.717, 1.165) is 30.0 Å². The summed E-state index contributed by atoms with van der Waals surface area (Å²) in [5.74, 6) is -0.213. The molecule has 0 radical (unpaired) electrons. The number of nitrogens with two attached hydrogens (primary N) is 1. The van der Waals surface area contributed by atoms with Crippen molar-refractivity contribution in [3.8, 4) is 0 Å². The summed E-state index contributed by atoms with van der Waals surface area (Å²) in [7, 11) is 0. The minimum Gasteiger partial charge on any atom is -0.462 e. The Balaban J connectivity index is 1.73. The van der Waals surface area contributed by atoms with E-state index in [0.29, 0.717) is 23.2 Å². The van der Waals surface area contributed by atoms with E-state index in [4.69, 9.17) is 10.5 Å². The van der Waals surface area contributed by atoms with Crippen molar-refractivity contribution in [2.45, 2.75) is 44.3 Å². The Morgan fingerprint density at radius 3 is 2.73 bits per heavy atom. The van der Waals surface area contributed by atoms with Crippen LogP contribution in [-0.2, 0) is 16.1 Å². The maximum Gasteiger partial charge on any atom is 0.341 e. The number of aromatic nitrogens is 3. The van der Waals surface area contributed by atoms with Gasteiger partial charge in [-0.05, 0) is 32.3 Å². The van der Waals surface area contributed by atoms with E-state index in [1.54, 1.807) is 19.9 Å². The van der Waals surface area contributed by atoms with Gasteiger partial charge in [0.1, 0.15) is 10.8 Å². The van der Waals surface area contributed by atoms with Crippen molar-refractivity contribution in [1.29, 1.82) is 0 Å². The molecule has 1 aliphatic carbocycles. The molecule has 1 saturated carbocycles. The van der Waals surface area contributed by atoms with E-state index in [2.05, 4.69) is 22.1 Å². The van der Waals surface area contributed by atoms with Crippen LogP contribution in [0.4, 0.5) is 5.00 Å². The maximum absolute atomic E-state index is 12.6. The van der Waals surface area contributed by atoms with E-state index < -0.39 is 11.9 Å². The molecule has 30 heavy (non-hydrogen) atoms. The molecule has 3 rings (SSSR count). The molecule has 3 N–H and O–H groups in total. The van der Waals surface area contributed by atoms with E-state index in [1.165, 1.54) is 11.8 Å². The van der Waals surface area contributed by atoms with Crippen LogP contribution in [0.15, 0.2) is 17.8 Å². The number of rotatable bonds is 10. The number of nitrogens with one attached hydrogen (secondary N) is 1. The van der Waals surface area contributed by atoms with Crippen molar-refractivity contribution < 1.29 is 19.1 Å². The van der Waals surface area contributed by atoms with Gasteiger partial charge in [0, 0.05) is 12.5 Å². The van der Waals surface area contributed by atoms with Crippen molar-refractivity contribution in [2.24, 2.45) is 5.73 Å². The number of anilines is 1. The second-order valence-corrected chi connectivity index (χ2v) is 8.66. The van der Waals surface area contributed by atoms with Gasteiger partial charge >= 0.3 is 5.97 Å². The van der Waals surface area contributed by atoms with Crippen molar-refractivity contribution in [3.05, 3.63) is 34.5 Å². The lowest BCUT2D eigenvalue weighted by molar-refractivity contribution is -0.113. The molecule has 0 saturated heterocycles. The zero-order valence-electron chi connectivity index (χ0n) is 16.8. The van der Waals surface area contributed by atoms with Gasteiger partial charge in [-0.2, -0.15) is 0 Å². The monoisotopic (exact) mass is 449 g/mol. The van der Waals surface area contributed by atoms with Crippen LogP contribution in [0.2, 0.25) is 0 Å². The second kappa shape index (κ2) is 9.43. The second-order valence-electron chi connectivity index (χ2n) is 6.70. The SMILES string of the molecule is C=CCn1c(SCC(=O)Nc2sc(C(N)=O)c(C)c2C(=O)OCC)nnc1C1CC1. The molecule has 1 fully saturated rings. The van der Waals surface area contributed by atoms with Crippen molar-refractivity contribution in [1.82, 2.24) is 14.8 Å². The maximum atomic E-state index is 12.6. The molecule has 1 aliphatic rings. The van der Waals surface area contributed by atoms with Gasteiger partial charge in [0.05, 0.1) is 22.8 Å². The fourth-order valence-electron chi connectivity index (χ4n) is 2.93. The molecule has 11 heteroatoms. The number of ether oxygens (including phenoxy) is 1. The number of allylic oxidation sites excluding steroid dienone is 1. The van der Waals surface area contributed by atoms with Crippen molar-refractivity contribution >= 4 is 45.9 Å². The van der Waals surface area contributed by atoms with E-state index in [-0.39, 0.29) is 33.7 Å². The van der Waals surface area contributed by atoms with Crippen LogP contribution < -0.4 is 11.1 Å². The predicted molar refractivity (Wildman–Crippen MR) is 115 cm³/mol. The highest BCUT2D eigenvalue weighted by molar-refractivity contribution is 7.99. The normalized spacial score (nSPS) is 13.1. The number of primary amides is 1. The molecule has 0 aliphatic heterocycles. The molecule has 0 aromatic carbocycles. The minimum atomic E-state index is -0.664. The molecule has 2 aromatic heterocycles. The highest BCUT2D eigenvalue weighted by Gasteiger charge is 2.30. The van der Waals surface area contributed by atoms with Crippen LogP contribution in [0.3, 0.4) is 0 Å². The summed E-state index contributed by atoms with van der Waals surface area (Å²) in [6.07, 6.45) is 3.96. The highest BCUT2D eigenvalue weighted by atomic mass is 32.2. The number of esters is 1. The predicted octanol–water partition coefficient (Wildman–Crippen LogP) is 2.72. The van der Waals surface area contributed by atoms with Crippen LogP contribution >= 0.6 is 23.1 Å². The lowest BCUT2D eigenvalue weighted by atomic mass is 10.1. The summed E-state index contributed by atoms with van der Waals surface area (Å²) in [6.45, 7) is 7.79. The molecular weight excluding hydrogens is 426 g/mol.